The van der Waals surface area contributed by atoms with Gasteiger partial charge in [0.2, 0.25) is 27.7 Å². The molecule has 3 amide bonds. The Bertz CT molecular complexity index is 3420. The molecule has 2 saturated carbocycles. The second-order valence-electron chi connectivity index (χ2n) is 25.4. The minimum Gasteiger partial charge on any atom is -0.460 e. The highest BCUT2D eigenvalue weighted by atomic mass is 32.2. The molecule has 0 spiro atoms. The fourth-order valence-corrected chi connectivity index (χ4v) is 16.0. The minimum absolute atomic E-state index is 0.102. The van der Waals surface area contributed by atoms with Gasteiger partial charge in [-0.3, -0.25) is 43.5 Å². The van der Waals surface area contributed by atoms with E-state index in [2.05, 4.69) is 50.5 Å². The predicted molar refractivity (Wildman–Crippen MR) is 304 cm³/mol. The van der Waals surface area contributed by atoms with Crippen molar-refractivity contribution in [2.24, 2.45) is 35.2 Å². The molecule has 5 aliphatic rings. The second-order valence-corrected chi connectivity index (χ2v) is 28.4. The maximum atomic E-state index is 14.2. The van der Waals surface area contributed by atoms with Gasteiger partial charge < -0.3 is 15.2 Å². The summed E-state index contributed by atoms with van der Waals surface area (Å²) in [6.45, 7) is 20.1. The normalized spacial score (nSPS) is 24.0. The zero-order valence-corrected chi connectivity index (χ0v) is 48.3. The molecule has 3 saturated heterocycles. The number of nitrogens with one attached hydrogen (secondary N) is 2. The van der Waals surface area contributed by atoms with Crippen LogP contribution in [-0.2, 0) is 46.7 Å². The van der Waals surface area contributed by atoms with Crippen LogP contribution in [0.4, 0.5) is 11.4 Å². The first kappa shape index (κ1) is 55.5. The average Bonchev–Trinajstić information content (AvgIpc) is 4.42. The molecule has 5 fully saturated rings. The van der Waals surface area contributed by atoms with Gasteiger partial charge in [-0.15, -0.1) is 11.3 Å². The van der Waals surface area contributed by atoms with Gasteiger partial charge in [0.15, 0.2) is 0 Å². The van der Waals surface area contributed by atoms with Crippen LogP contribution in [0.25, 0.3) is 21.5 Å². The summed E-state index contributed by atoms with van der Waals surface area (Å²) in [6, 6.07) is 20.2. The van der Waals surface area contributed by atoms with Crippen molar-refractivity contribution in [1.29, 1.82) is 0 Å². The summed E-state index contributed by atoms with van der Waals surface area (Å²) in [6.07, 6.45) is 3.01. The molecule has 0 radical (unpaired) electrons. The minimum atomic E-state index is -3.79. The van der Waals surface area contributed by atoms with Crippen molar-refractivity contribution in [1.82, 2.24) is 23.7 Å². The number of aliphatic hydroxyl groups is 1. The summed E-state index contributed by atoms with van der Waals surface area (Å²) in [5, 5.41) is 17.3. The van der Waals surface area contributed by atoms with Gasteiger partial charge in [-0.25, -0.2) is 13.2 Å². The van der Waals surface area contributed by atoms with Crippen molar-refractivity contribution in [2.45, 2.75) is 148 Å². The van der Waals surface area contributed by atoms with E-state index in [1.54, 1.807) is 47.0 Å². The number of carbonyl (C=O) groups excluding carboxylic acids is 4. The fourth-order valence-electron chi connectivity index (χ4n) is 12.6. The number of nitrogens with zero attached hydrogens (tertiary/aromatic N) is 5. The molecule has 78 heavy (non-hydrogen) atoms. The van der Waals surface area contributed by atoms with Gasteiger partial charge >= 0.3 is 11.7 Å². The van der Waals surface area contributed by atoms with Gasteiger partial charge in [-0.1, -0.05) is 51.1 Å². The van der Waals surface area contributed by atoms with E-state index < -0.39 is 39.2 Å². The lowest BCUT2D eigenvalue weighted by Gasteiger charge is -2.41. The number of hydrogen-bond donors (Lipinski definition) is 3. The number of likely N-dealkylation sites (tertiary alicyclic amines) is 1. The molecule has 16 nitrogen and oxygen atoms in total. The molecule has 2 aromatic heterocycles. The molecule has 2 aliphatic carbocycles. The summed E-state index contributed by atoms with van der Waals surface area (Å²) in [5.41, 5.74) is 6.94. The number of sulfonamides is 1. The maximum absolute atomic E-state index is 14.2. The Morgan fingerprint density at radius 3 is 2.40 bits per heavy atom. The molecule has 6 unspecified atom stereocenters. The zero-order valence-electron chi connectivity index (χ0n) is 46.6. The number of carbonyl (C=O) groups is 4. The van der Waals surface area contributed by atoms with Gasteiger partial charge in [0, 0.05) is 78.6 Å². The highest BCUT2D eigenvalue weighted by Gasteiger charge is 2.52. The summed E-state index contributed by atoms with van der Waals surface area (Å²) in [4.78, 5) is 73.1. The highest BCUT2D eigenvalue weighted by Crippen LogP contribution is 2.61. The number of aliphatic imine (C=N–C) groups is 1. The zero-order chi connectivity index (χ0) is 56.0. The molecule has 0 bridgehead atoms. The van der Waals surface area contributed by atoms with Crippen molar-refractivity contribution in [3.63, 3.8) is 0 Å². The van der Waals surface area contributed by atoms with Crippen LogP contribution in [0.2, 0.25) is 0 Å². The molecule has 10 rings (SSSR count). The Labute approximate surface area is 461 Å². The number of thiophene rings is 1. The van der Waals surface area contributed by atoms with Crippen LogP contribution in [0.5, 0.6) is 0 Å². The Hall–Kier alpha value is -5.79. The maximum Gasteiger partial charge on any atom is 0.329 e. The number of hydrogen-bond acceptors (Lipinski definition) is 12. The van der Waals surface area contributed by atoms with E-state index in [1.807, 2.05) is 69.9 Å². The monoisotopic (exact) mass is 1100 g/mol. The largest absolute Gasteiger partial charge is 0.460 e. The van der Waals surface area contributed by atoms with E-state index in [0.717, 1.165) is 50.7 Å². The van der Waals surface area contributed by atoms with Crippen LogP contribution < -0.4 is 16.3 Å². The average molecular weight is 1100 g/mol. The lowest BCUT2D eigenvalue weighted by atomic mass is 9.87. The first-order valence-corrected chi connectivity index (χ1v) is 29.9. The van der Waals surface area contributed by atoms with Gasteiger partial charge in [0.25, 0.3) is 0 Å². The number of esters is 1. The van der Waals surface area contributed by atoms with Crippen LogP contribution in [0, 0.1) is 30.1 Å². The van der Waals surface area contributed by atoms with E-state index in [1.165, 1.54) is 14.7 Å². The Morgan fingerprint density at radius 2 is 1.71 bits per heavy atom. The standard InChI is InChI=1S/C60H75N7O9S2/c1-34-52(43-25-38(43)27-51(70)76-59(5,6)7)55(53(71)44-28-45(44)58(2,3)4)77-54(34)37-14-12-16-41(24-37)61-42-21-22-66(60(8,9)29-42)78(74,75)33-35-13-11-15-40(23-35)62-50(69)32-65-30-39(31-65)36-17-18-46-48(26-36)64(10)57(73)67(46)47-19-20-49(68)63-56(47)72/h11-18,23-24,26,38-39,43-45,47,53,71H,19-22,25,27-33H2,1-10H3,(H,62,69)(H,63,68,72). The number of amides is 3. The van der Waals surface area contributed by atoms with Gasteiger partial charge in [-0.05, 0) is 161 Å². The summed E-state index contributed by atoms with van der Waals surface area (Å²) < 4.78 is 38.7. The molecular weight excluding hydrogens is 1030 g/mol. The molecule has 416 valence electrons. The van der Waals surface area contributed by atoms with E-state index in [9.17, 15) is 37.5 Å². The molecule has 5 aromatic rings. The number of benzene rings is 3. The number of rotatable bonds is 15. The number of anilines is 1. The summed E-state index contributed by atoms with van der Waals surface area (Å²) in [7, 11) is -2.12. The van der Waals surface area contributed by atoms with Gasteiger partial charge in [0.1, 0.15) is 11.6 Å². The van der Waals surface area contributed by atoms with E-state index in [4.69, 9.17) is 9.73 Å². The smallest absolute Gasteiger partial charge is 0.329 e. The SMILES string of the molecule is Cc1c(-c2cccc(N=C3CCN(S(=O)(=O)Cc4cccc(NC(=O)CN5CC(c6ccc7c(c6)n(C)c(=O)n7C6CCC(=O)NC6=O)C5)c4)C(C)(C)C3)c2)sc(C(O)C2CC2C(C)(C)C)c1C1CC1CC(=O)OC(C)(C)C. The van der Waals surface area contributed by atoms with Crippen molar-refractivity contribution in [3.05, 3.63) is 104 Å². The first-order chi connectivity index (χ1) is 36.6. The third kappa shape index (κ3) is 11.6. The van der Waals surface area contributed by atoms with Crippen molar-refractivity contribution in [2.75, 3.05) is 31.5 Å². The Kier molecular flexibility index (Phi) is 14.7. The molecule has 5 heterocycles. The van der Waals surface area contributed by atoms with Crippen molar-refractivity contribution < 1.29 is 37.4 Å². The first-order valence-electron chi connectivity index (χ1n) is 27.5. The Balaban J connectivity index is 0.756. The lowest BCUT2D eigenvalue weighted by Crippen LogP contribution is -2.53. The molecule has 18 heteroatoms. The van der Waals surface area contributed by atoms with Crippen LogP contribution in [0.3, 0.4) is 0 Å². The molecule has 3 aliphatic heterocycles. The molecular formula is C60H75N7O9S2. The van der Waals surface area contributed by atoms with Gasteiger partial charge in [0.05, 0.1) is 35.1 Å². The third-order valence-electron chi connectivity index (χ3n) is 16.6. The van der Waals surface area contributed by atoms with Crippen LogP contribution in [-0.4, -0.2) is 98.6 Å². The van der Waals surface area contributed by atoms with Crippen LogP contribution in [0.1, 0.15) is 151 Å². The number of imidazole rings is 1. The lowest BCUT2D eigenvalue weighted by molar-refractivity contribution is -0.155. The van der Waals surface area contributed by atoms with E-state index in [0.29, 0.717) is 60.6 Å². The van der Waals surface area contributed by atoms with Crippen LogP contribution in [0.15, 0.2) is 76.5 Å². The van der Waals surface area contributed by atoms with Crippen molar-refractivity contribution >= 4 is 73.2 Å². The van der Waals surface area contributed by atoms with Crippen molar-refractivity contribution in [3.8, 4) is 10.4 Å². The van der Waals surface area contributed by atoms with E-state index in [-0.39, 0.29) is 84.2 Å². The number of aromatic nitrogens is 2. The number of fused-ring (bicyclic) bond motifs is 1. The summed E-state index contributed by atoms with van der Waals surface area (Å²) in [5.74, 6) is -0.325. The van der Waals surface area contributed by atoms with Gasteiger partial charge in [-0.2, -0.15) is 4.31 Å². The number of imide groups is 1. The topological polar surface area (TPSA) is 202 Å². The third-order valence-corrected chi connectivity index (χ3v) is 20.1. The number of aryl methyl sites for hydroxylation is 1. The number of ether oxygens (including phenoxy) is 1. The molecule has 3 aromatic carbocycles. The van der Waals surface area contributed by atoms with E-state index >= 15 is 0 Å². The number of aliphatic hydroxyl groups excluding tert-OH is 1. The molecule has 3 N–H and O–H groups in total. The molecule has 6 atom stereocenters. The summed E-state index contributed by atoms with van der Waals surface area (Å²) >= 11 is 1.67. The Morgan fingerprint density at radius 1 is 0.962 bits per heavy atom. The quantitative estimate of drug-likeness (QED) is 0.0670. The highest BCUT2D eigenvalue weighted by molar-refractivity contribution is 7.88. The predicted octanol–water partition coefficient (Wildman–Crippen LogP) is 9.42. The fraction of sp³-hybridized carbons (Fsp3) is 0.533. The van der Waals surface area contributed by atoms with Crippen LogP contribution >= 0.6 is 11.3 Å². The number of piperidine rings is 2. The second kappa shape index (κ2) is 20.7.